The summed E-state index contributed by atoms with van der Waals surface area (Å²) in [6.45, 7) is 2.07. The standard InChI is InChI=1S/C18H17Cl2N3O2/c1-2-23(17(25)10-9-13-6-3-4-11-21-13)12-16(24)22-18-14(19)7-5-8-15(18)20/h3-11H,2,12H2,1H3,(H,22,24). The van der Waals surface area contributed by atoms with Crippen molar-refractivity contribution in [1.29, 1.82) is 0 Å². The van der Waals surface area contributed by atoms with Crippen LogP contribution in [0.3, 0.4) is 0 Å². The van der Waals surface area contributed by atoms with E-state index in [1.165, 1.54) is 11.0 Å². The smallest absolute Gasteiger partial charge is 0.247 e. The highest BCUT2D eigenvalue weighted by Gasteiger charge is 2.15. The molecule has 1 heterocycles. The van der Waals surface area contributed by atoms with Crippen LogP contribution in [0, 0.1) is 0 Å². The maximum atomic E-state index is 12.2. The van der Waals surface area contributed by atoms with Crippen LogP contribution >= 0.6 is 23.2 Å². The molecule has 2 amide bonds. The topological polar surface area (TPSA) is 62.3 Å². The Kier molecular flexibility index (Phi) is 6.98. The summed E-state index contributed by atoms with van der Waals surface area (Å²) in [4.78, 5) is 30.0. The number of halogens is 2. The van der Waals surface area contributed by atoms with E-state index < -0.39 is 0 Å². The lowest BCUT2D eigenvalue weighted by molar-refractivity contribution is -0.130. The van der Waals surface area contributed by atoms with Crippen LogP contribution in [-0.4, -0.2) is 34.8 Å². The number of benzene rings is 1. The van der Waals surface area contributed by atoms with Gasteiger partial charge in [0.05, 0.1) is 21.4 Å². The maximum absolute atomic E-state index is 12.2. The molecule has 2 rings (SSSR count). The van der Waals surface area contributed by atoms with Crippen LogP contribution in [0.25, 0.3) is 6.08 Å². The molecule has 0 unspecified atom stereocenters. The fraction of sp³-hybridized carbons (Fsp3) is 0.167. The third-order valence-electron chi connectivity index (χ3n) is 3.34. The van der Waals surface area contributed by atoms with Crippen LogP contribution in [0.2, 0.25) is 10.0 Å². The minimum absolute atomic E-state index is 0.108. The lowest BCUT2D eigenvalue weighted by Crippen LogP contribution is -2.37. The Morgan fingerprint density at radius 2 is 1.88 bits per heavy atom. The molecule has 1 aromatic carbocycles. The second kappa shape index (κ2) is 9.20. The van der Waals surface area contributed by atoms with Gasteiger partial charge in [-0.25, -0.2) is 0 Å². The summed E-state index contributed by atoms with van der Waals surface area (Å²) in [6, 6.07) is 10.3. The van der Waals surface area contributed by atoms with Crippen LogP contribution in [0.4, 0.5) is 5.69 Å². The maximum Gasteiger partial charge on any atom is 0.247 e. The van der Waals surface area contributed by atoms with E-state index >= 15 is 0 Å². The monoisotopic (exact) mass is 377 g/mol. The number of rotatable bonds is 6. The van der Waals surface area contributed by atoms with Gasteiger partial charge in [0, 0.05) is 18.8 Å². The van der Waals surface area contributed by atoms with Crippen LogP contribution in [-0.2, 0) is 9.59 Å². The highest BCUT2D eigenvalue weighted by atomic mass is 35.5. The zero-order valence-electron chi connectivity index (χ0n) is 13.6. The normalized spacial score (nSPS) is 10.7. The first kappa shape index (κ1) is 19.0. The van der Waals surface area contributed by atoms with Crippen LogP contribution in [0.15, 0.2) is 48.7 Å². The summed E-state index contributed by atoms with van der Waals surface area (Å²) in [5.74, 6) is -0.662. The van der Waals surface area contributed by atoms with E-state index in [1.54, 1.807) is 49.5 Å². The number of carbonyl (C=O) groups excluding carboxylic acids is 2. The molecule has 5 nitrogen and oxygen atoms in total. The summed E-state index contributed by atoms with van der Waals surface area (Å²) in [5.41, 5.74) is 1.00. The van der Waals surface area contributed by atoms with Gasteiger partial charge in [0.15, 0.2) is 0 Å². The number of nitrogens with zero attached hydrogens (tertiary/aromatic N) is 2. The van der Waals surface area contributed by atoms with Crippen LogP contribution in [0.5, 0.6) is 0 Å². The molecule has 0 saturated carbocycles. The van der Waals surface area contributed by atoms with Gasteiger partial charge in [0.25, 0.3) is 0 Å². The SMILES string of the molecule is CCN(CC(=O)Nc1c(Cl)cccc1Cl)C(=O)C=Cc1ccccn1. The van der Waals surface area contributed by atoms with Gasteiger partial charge in [-0.2, -0.15) is 0 Å². The first-order chi connectivity index (χ1) is 12.0. The molecule has 0 saturated heterocycles. The minimum Gasteiger partial charge on any atom is -0.330 e. The minimum atomic E-state index is -0.378. The molecular weight excluding hydrogens is 361 g/mol. The molecule has 1 aromatic heterocycles. The summed E-state index contributed by atoms with van der Waals surface area (Å²) in [7, 11) is 0. The van der Waals surface area contributed by atoms with Gasteiger partial charge in [-0.15, -0.1) is 0 Å². The number of pyridine rings is 1. The molecule has 0 fully saturated rings. The van der Waals surface area contributed by atoms with E-state index in [4.69, 9.17) is 23.2 Å². The van der Waals surface area contributed by atoms with Gasteiger partial charge in [-0.3, -0.25) is 14.6 Å². The van der Waals surface area contributed by atoms with E-state index in [-0.39, 0.29) is 18.4 Å². The number of amides is 2. The van der Waals surface area contributed by atoms with Crippen molar-refractivity contribution >= 4 is 46.8 Å². The molecule has 0 aliphatic carbocycles. The predicted octanol–water partition coefficient (Wildman–Crippen LogP) is 3.89. The first-order valence-electron chi connectivity index (χ1n) is 7.63. The molecule has 130 valence electrons. The summed E-state index contributed by atoms with van der Waals surface area (Å²) in [5, 5.41) is 3.32. The van der Waals surface area contributed by atoms with Crippen molar-refractivity contribution in [3.8, 4) is 0 Å². The summed E-state index contributed by atoms with van der Waals surface area (Å²) < 4.78 is 0. The third kappa shape index (κ3) is 5.59. The van der Waals surface area contributed by atoms with Crippen molar-refractivity contribution in [2.24, 2.45) is 0 Å². The predicted molar refractivity (Wildman–Crippen MR) is 101 cm³/mol. The van der Waals surface area contributed by atoms with Gasteiger partial charge in [0.1, 0.15) is 6.54 Å². The fourth-order valence-electron chi connectivity index (χ4n) is 2.05. The molecule has 1 N–H and O–H groups in total. The Balaban J connectivity index is 2.00. The number of aromatic nitrogens is 1. The lowest BCUT2D eigenvalue weighted by atomic mass is 10.3. The van der Waals surface area contributed by atoms with Crippen molar-refractivity contribution in [3.05, 3.63) is 64.4 Å². The van der Waals surface area contributed by atoms with Gasteiger partial charge < -0.3 is 10.2 Å². The van der Waals surface area contributed by atoms with Crippen molar-refractivity contribution in [2.45, 2.75) is 6.92 Å². The van der Waals surface area contributed by atoms with Crippen molar-refractivity contribution in [3.63, 3.8) is 0 Å². The number of hydrogen-bond acceptors (Lipinski definition) is 3. The number of hydrogen-bond donors (Lipinski definition) is 1. The van der Waals surface area contributed by atoms with E-state index in [2.05, 4.69) is 10.3 Å². The van der Waals surface area contributed by atoms with E-state index in [9.17, 15) is 9.59 Å². The zero-order valence-corrected chi connectivity index (χ0v) is 15.1. The third-order valence-corrected chi connectivity index (χ3v) is 3.97. The number of likely N-dealkylation sites (N-methyl/N-ethyl adjacent to an activating group) is 1. The number of para-hydroxylation sites is 1. The van der Waals surface area contributed by atoms with E-state index in [0.717, 1.165) is 0 Å². The summed E-state index contributed by atoms with van der Waals surface area (Å²) >= 11 is 12.1. The average Bonchev–Trinajstić information content (AvgIpc) is 2.61. The molecule has 0 spiro atoms. The molecule has 0 bridgehead atoms. The molecule has 25 heavy (non-hydrogen) atoms. The summed E-state index contributed by atoms with van der Waals surface area (Å²) in [6.07, 6.45) is 4.64. The van der Waals surface area contributed by atoms with Gasteiger partial charge >= 0.3 is 0 Å². The zero-order chi connectivity index (χ0) is 18.2. The fourth-order valence-corrected chi connectivity index (χ4v) is 2.54. The molecule has 2 aromatic rings. The molecule has 0 aliphatic rings. The quantitative estimate of drug-likeness (QED) is 0.776. The molecule has 0 atom stereocenters. The lowest BCUT2D eigenvalue weighted by Gasteiger charge is -2.19. The van der Waals surface area contributed by atoms with Gasteiger partial charge in [-0.1, -0.05) is 35.3 Å². The van der Waals surface area contributed by atoms with Gasteiger partial charge in [0.2, 0.25) is 11.8 Å². The second-order valence-electron chi connectivity index (χ2n) is 5.09. The van der Waals surface area contributed by atoms with E-state index in [0.29, 0.717) is 28.0 Å². The Labute approximate surface area is 156 Å². The molecule has 0 aliphatic heterocycles. The van der Waals surface area contributed by atoms with Crippen molar-refractivity contribution in [2.75, 3.05) is 18.4 Å². The van der Waals surface area contributed by atoms with Crippen molar-refractivity contribution < 1.29 is 9.59 Å². The molecular formula is C18H17Cl2N3O2. The Morgan fingerprint density at radius 1 is 1.16 bits per heavy atom. The van der Waals surface area contributed by atoms with Gasteiger partial charge in [-0.05, 0) is 37.3 Å². The highest BCUT2D eigenvalue weighted by molar-refractivity contribution is 6.39. The van der Waals surface area contributed by atoms with E-state index in [1.807, 2.05) is 6.07 Å². The first-order valence-corrected chi connectivity index (χ1v) is 8.38. The largest absolute Gasteiger partial charge is 0.330 e. The number of nitrogens with one attached hydrogen (secondary N) is 1. The van der Waals surface area contributed by atoms with Crippen LogP contribution in [0.1, 0.15) is 12.6 Å². The Bertz CT molecular complexity index is 759. The van der Waals surface area contributed by atoms with Crippen LogP contribution < -0.4 is 5.32 Å². The second-order valence-corrected chi connectivity index (χ2v) is 5.90. The Morgan fingerprint density at radius 3 is 2.48 bits per heavy atom. The average molecular weight is 378 g/mol. The number of carbonyl (C=O) groups is 2. The van der Waals surface area contributed by atoms with Crippen molar-refractivity contribution in [1.82, 2.24) is 9.88 Å². The Hall–Kier alpha value is -2.37. The highest BCUT2D eigenvalue weighted by Crippen LogP contribution is 2.29. The molecule has 0 radical (unpaired) electrons. The number of anilines is 1. The molecule has 7 heteroatoms.